The molecule has 0 bridgehead atoms. The predicted molar refractivity (Wildman–Crippen MR) is 50.5 cm³/mol. The average Bonchev–Trinajstić information content (AvgIpc) is 2.19. The van der Waals surface area contributed by atoms with Crippen molar-refractivity contribution >= 4 is 0 Å². The van der Waals surface area contributed by atoms with Gasteiger partial charge in [-0.15, -0.1) is 0 Å². The van der Waals surface area contributed by atoms with E-state index in [1.807, 2.05) is 6.07 Å². The molecule has 13 heavy (non-hydrogen) atoms. The Balaban J connectivity index is 2.07. The Morgan fingerprint density at radius 3 is 2.77 bits per heavy atom. The van der Waals surface area contributed by atoms with Gasteiger partial charge < -0.3 is 10.1 Å². The molecule has 1 heterocycles. The highest BCUT2D eigenvalue weighted by molar-refractivity contribution is 4.88. The molecule has 0 saturated heterocycles. The molecular formula is C9H15N3O. The zero-order valence-corrected chi connectivity index (χ0v) is 7.86. The number of nitrogens with one attached hydrogen (secondary N) is 1. The summed E-state index contributed by atoms with van der Waals surface area (Å²) in [6.07, 6.45) is 4.39. The summed E-state index contributed by atoms with van der Waals surface area (Å²) in [5.41, 5.74) is 0. The minimum Gasteiger partial charge on any atom is -0.383 e. The third-order valence-corrected chi connectivity index (χ3v) is 1.63. The standard InChI is InChI=1S/C9H15N3O/c1-13-8-7-10-6-3-9-11-4-2-5-12-9/h2,4-5,10H,3,6-8H2,1H3. The Kier molecular flexibility index (Phi) is 5.05. The van der Waals surface area contributed by atoms with Crippen molar-refractivity contribution in [2.24, 2.45) is 0 Å². The van der Waals surface area contributed by atoms with E-state index in [9.17, 15) is 0 Å². The summed E-state index contributed by atoms with van der Waals surface area (Å²) in [6.45, 7) is 2.52. The van der Waals surface area contributed by atoms with Gasteiger partial charge in [-0.25, -0.2) is 9.97 Å². The van der Waals surface area contributed by atoms with E-state index < -0.39 is 0 Å². The molecule has 0 spiro atoms. The first-order chi connectivity index (χ1) is 6.43. The molecule has 0 saturated carbocycles. The SMILES string of the molecule is COCCNCCc1ncccn1. The van der Waals surface area contributed by atoms with Crippen molar-refractivity contribution in [3.05, 3.63) is 24.3 Å². The lowest BCUT2D eigenvalue weighted by Crippen LogP contribution is -2.22. The average molecular weight is 181 g/mol. The molecule has 72 valence electrons. The van der Waals surface area contributed by atoms with Gasteiger partial charge in [0.05, 0.1) is 6.61 Å². The van der Waals surface area contributed by atoms with Crippen LogP contribution >= 0.6 is 0 Å². The van der Waals surface area contributed by atoms with Crippen molar-refractivity contribution in [2.75, 3.05) is 26.8 Å². The van der Waals surface area contributed by atoms with Gasteiger partial charge in [0.25, 0.3) is 0 Å². The van der Waals surface area contributed by atoms with Gasteiger partial charge in [-0.3, -0.25) is 0 Å². The number of rotatable bonds is 6. The molecule has 4 heteroatoms. The van der Waals surface area contributed by atoms with Crippen molar-refractivity contribution in [3.63, 3.8) is 0 Å². The smallest absolute Gasteiger partial charge is 0.129 e. The van der Waals surface area contributed by atoms with Crippen LogP contribution in [-0.4, -0.2) is 36.8 Å². The Morgan fingerprint density at radius 2 is 2.08 bits per heavy atom. The number of methoxy groups -OCH3 is 1. The van der Waals surface area contributed by atoms with E-state index in [2.05, 4.69) is 15.3 Å². The number of nitrogens with zero attached hydrogens (tertiary/aromatic N) is 2. The summed E-state index contributed by atoms with van der Waals surface area (Å²) in [4.78, 5) is 8.23. The lowest BCUT2D eigenvalue weighted by molar-refractivity contribution is 0.199. The fourth-order valence-corrected chi connectivity index (χ4v) is 0.958. The summed E-state index contributed by atoms with van der Waals surface area (Å²) in [5, 5.41) is 3.23. The Morgan fingerprint density at radius 1 is 1.31 bits per heavy atom. The first-order valence-corrected chi connectivity index (χ1v) is 4.39. The van der Waals surface area contributed by atoms with Crippen molar-refractivity contribution < 1.29 is 4.74 Å². The molecule has 0 aliphatic rings. The Hall–Kier alpha value is -1.00. The molecule has 1 N–H and O–H groups in total. The Bertz CT molecular complexity index is 215. The molecule has 1 aromatic heterocycles. The second-order valence-electron chi connectivity index (χ2n) is 2.66. The summed E-state index contributed by atoms with van der Waals surface area (Å²) < 4.78 is 4.90. The van der Waals surface area contributed by atoms with Gasteiger partial charge in [0.1, 0.15) is 5.82 Å². The first kappa shape index (κ1) is 10.1. The quantitative estimate of drug-likeness (QED) is 0.639. The highest BCUT2D eigenvalue weighted by atomic mass is 16.5. The van der Waals surface area contributed by atoms with Crippen LogP contribution in [0.25, 0.3) is 0 Å². The molecule has 4 nitrogen and oxygen atoms in total. The lowest BCUT2D eigenvalue weighted by Gasteiger charge is -2.02. The second-order valence-corrected chi connectivity index (χ2v) is 2.66. The zero-order valence-electron chi connectivity index (χ0n) is 7.86. The molecule has 0 radical (unpaired) electrons. The van der Waals surface area contributed by atoms with Crippen molar-refractivity contribution in [2.45, 2.75) is 6.42 Å². The van der Waals surface area contributed by atoms with Gasteiger partial charge in [-0.1, -0.05) is 0 Å². The molecule has 0 aromatic carbocycles. The van der Waals surface area contributed by atoms with E-state index in [0.29, 0.717) is 0 Å². The third-order valence-electron chi connectivity index (χ3n) is 1.63. The maximum Gasteiger partial charge on any atom is 0.129 e. The highest BCUT2D eigenvalue weighted by Gasteiger charge is 1.93. The van der Waals surface area contributed by atoms with E-state index in [-0.39, 0.29) is 0 Å². The molecule has 1 rings (SSSR count). The fourth-order valence-electron chi connectivity index (χ4n) is 0.958. The fraction of sp³-hybridized carbons (Fsp3) is 0.556. The molecule has 1 aromatic rings. The molecule has 0 aliphatic carbocycles. The van der Waals surface area contributed by atoms with Gasteiger partial charge in [0.2, 0.25) is 0 Å². The predicted octanol–water partition coefficient (Wildman–Crippen LogP) is 0.255. The van der Waals surface area contributed by atoms with Gasteiger partial charge in [-0.05, 0) is 6.07 Å². The van der Waals surface area contributed by atoms with Crippen molar-refractivity contribution in [3.8, 4) is 0 Å². The van der Waals surface area contributed by atoms with Crippen LogP contribution in [0.2, 0.25) is 0 Å². The number of aromatic nitrogens is 2. The monoisotopic (exact) mass is 181 g/mol. The van der Waals surface area contributed by atoms with Crippen LogP contribution in [0.3, 0.4) is 0 Å². The summed E-state index contributed by atoms with van der Waals surface area (Å²) in [6, 6.07) is 1.82. The number of ether oxygens (including phenoxy) is 1. The topological polar surface area (TPSA) is 47.0 Å². The largest absolute Gasteiger partial charge is 0.383 e. The maximum absolute atomic E-state index is 4.90. The molecule has 0 fully saturated rings. The van der Waals surface area contributed by atoms with E-state index in [4.69, 9.17) is 4.74 Å². The van der Waals surface area contributed by atoms with E-state index in [1.54, 1.807) is 19.5 Å². The second kappa shape index (κ2) is 6.51. The van der Waals surface area contributed by atoms with Crippen molar-refractivity contribution in [1.82, 2.24) is 15.3 Å². The van der Waals surface area contributed by atoms with Crippen LogP contribution in [0.1, 0.15) is 5.82 Å². The highest BCUT2D eigenvalue weighted by Crippen LogP contribution is 1.86. The molecule has 0 aliphatic heterocycles. The van der Waals surface area contributed by atoms with E-state index in [0.717, 1.165) is 31.9 Å². The normalized spacial score (nSPS) is 10.2. The first-order valence-electron chi connectivity index (χ1n) is 4.39. The molecule has 0 amide bonds. The molecular weight excluding hydrogens is 166 g/mol. The van der Waals surface area contributed by atoms with Gasteiger partial charge in [-0.2, -0.15) is 0 Å². The lowest BCUT2D eigenvalue weighted by atomic mass is 10.4. The zero-order chi connectivity index (χ0) is 9.36. The van der Waals surface area contributed by atoms with Gasteiger partial charge in [0.15, 0.2) is 0 Å². The summed E-state index contributed by atoms with van der Waals surface area (Å²) in [7, 11) is 1.70. The van der Waals surface area contributed by atoms with E-state index >= 15 is 0 Å². The van der Waals surface area contributed by atoms with Crippen LogP contribution in [-0.2, 0) is 11.2 Å². The van der Waals surface area contributed by atoms with E-state index in [1.165, 1.54) is 0 Å². The summed E-state index contributed by atoms with van der Waals surface area (Å²) >= 11 is 0. The van der Waals surface area contributed by atoms with Gasteiger partial charge in [0, 0.05) is 39.0 Å². The Labute approximate surface area is 78.4 Å². The van der Waals surface area contributed by atoms with Crippen LogP contribution in [0.4, 0.5) is 0 Å². The molecule has 0 atom stereocenters. The summed E-state index contributed by atoms with van der Waals surface area (Å²) in [5.74, 6) is 0.882. The minimum atomic E-state index is 0.746. The minimum absolute atomic E-state index is 0.746. The van der Waals surface area contributed by atoms with Crippen LogP contribution in [0.5, 0.6) is 0 Å². The van der Waals surface area contributed by atoms with Crippen molar-refractivity contribution in [1.29, 1.82) is 0 Å². The van der Waals surface area contributed by atoms with Gasteiger partial charge >= 0.3 is 0 Å². The van der Waals surface area contributed by atoms with Crippen LogP contribution in [0.15, 0.2) is 18.5 Å². The molecule has 0 unspecified atom stereocenters. The third kappa shape index (κ3) is 4.55. The van der Waals surface area contributed by atoms with Crippen LogP contribution in [0, 0.1) is 0 Å². The maximum atomic E-state index is 4.90. The van der Waals surface area contributed by atoms with Crippen LogP contribution < -0.4 is 5.32 Å². The number of hydrogen-bond donors (Lipinski definition) is 1. The number of hydrogen-bond acceptors (Lipinski definition) is 4.